The molecule has 0 saturated heterocycles. The largest absolute Gasteiger partial charge is 0.462 e. The van der Waals surface area contributed by atoms with Gasteiger partial charge in [0, 0.05) is 5.69 Å². The topological polar surface area (TPSA) is 125 Å². The molecule has 51 heavy (non-hydrogen) atoms. The minimum Gasteiger partial charge on any atom is -0.462 e. The van der Waals surface area contributed by atoms with Gasteiger partial charge in [0.15, 0.2) is 5.58 Å². The van der Waals surface area contributed by atoms with E-state index in [1.54, 1.807) is 16.8 Å². The number of hydrogen-bond acceptors (Lipinski definition) is 9. The van der Waals surface area contributed by atoms with E-state index in [2.05, 4.69) is 27.8 Å². The van der Waals surface area contributed by atoms with Crippen LogP contribution in [-0.4, -0.2) is 48.5 Å². The van der Waals surface area contributed by atoms with Crippen LogP contribution in [0.5, 0.6) is 0 Å². The van der Waals surface area contributed by atoms with Crippen LogP contribution in [0, 0.1) is 0 Å². The van der Waals surface area contributed by atoms with E-state index in [0.717, 1.165) is 30.5 Å². The molecular weight excluding hydrogens is 684 g/mol. The number of esters is 1. The lowest BCUT2D eigenvalue weighted by Gasteiger charge is -2.22. The number of tetrazole rings is 1. The summed E-state index contributed by atoms with van der Waals surface area (Å²) in [4.78, 5) is 30.4. The summed E-state index contributed by atoms with van der Waals surface area (Å²) < 4.78 is 13.8. The number of benzene rings is 3. The first-order valence-corrected chi connectivity index (χ1v) is 19.4. The third-order valence-corrected chi connectivity index (χ3v) is 10.5. The van der Waals surface area contributed by atoms with Crippen molar-refractivity contribution in [3.05, 3.63) is 90.8 Å². The van der Waals surface area contributed by atoms with Gasteiger partial charge in [-0.15, -0.1) is 16.7 Å². The highest BCUT2D eigenvalue weighted by molar-refractivity contribution is 7.99. The predicted molar refractivity (Wildman–Crippen MR) is 202 cm³/mol. The number of oxazole rings is 1. The first-order valence-electron chi connectivity index (χ1n) is 18.0. The number of rotatable bonds is 22. The third kappa shape index (κ3) is 12.2. The van der Waals surface area contributed by atoms with Gasteiger partial charge in [0.1, 0.15) is 23.3 Å². The van der Waals surface area contributed by atoms with Crippen molar-refractivity contribution < 1.29 is 18.7 Å². The van der Waals surface area contributed by atoms with Crippen molar-refractivity contribution in [1.29, 1.82) is 0 Å². The number of nitrogens with zero attached hydrogens (tertiary/aromatic N) is 5. The van der Waals surface area contributed by atoms with Gasteiger partial charge in [0.25, 0.3) is 0 Å². The molecule has 0 aliphatic carbocycles. The van der Waals surface area contributed by atoms with Crippen LogP contribution in [0.1, 0.15) is 102 Å². The highest BCUT2D eigenvalue weighted by Gasteiger charge is 2.31. The number of para-hydroxylation sites is 4. The zero-order valence-electron chi connectivity index (χ0n) is 29.2. The number of halogens is 1. The molecule has 0 spiro atoms. The number of carbonyl (C=O) groups is 2. The Hall–Kier alpha value is -4.22. The van der Waals surface area contributed by atoms with Gasteiger partial charge in [0.05, 0.1) is 11.1 Å². The number of alkyl halides is 1. The Labute approximate surface area is 309 Å². The summed E-state index contributed by atoms with van der Waals surface area (Å²) in [6.45, 7) is 2.23. The lowest BCUT2D eigenvalue weighted by molar-refractivity contribution is -0.151. The molecule has 2 aromatic heterocycles. The van der Waals surface area contributed by atoms with Gasteiger partial charge in [-0.3, -0.25) is 9.59 Å². The number of thioether (sulfide) groups is 1. The minimum atomic E-state index is -0.553. The van der Waals surface area contributed by atoms with E-state index in [4.69, 9.17) is 25.7 Å². The fourth-order valence-electron chi connectivity index (χ4n) is 5.91. The molecular formula is C39H47ClN6O4S. The zero-order chi connectivity index (χ0) is 35.7. The van der Waals surface area contributed by atoms with E-state index < -0.39 is 28.6 Å². The molecule has 0 radical (unpaired) electrons. The summed E-state index contributed by atoms with van der Waals surface area (Å²) in [6, 6.07) is 26.3. The number of ether oxygens (including phenoxy) is 1. The fraction of sp³-hybridized carbons (Fsp3) is 0.436. The van der Waals surface area contributed by atoms with Gasteiger partial charge in [-0.2, -0.15) is 4.68 Å². The summed E-state index contributed by atoms with van der Waals surface area (Å²) in [6.07, 6.45) is 11.7. The van der Waals surface area contributed by atoms with Crippen LogP contribution in [0.4, 0.5) is 5.69 Å². The maximum atomic E-state index is 13.0. The molecule has 10 nitrogen and oxygen atoms in total. The number of hydrogen-bond donors (Lipinski definition) is 1. The number of aromatic nitrogens is 5. The molecule has 0 aliphatic rings. The average molecular weight is 731 g/mol. The standard InChI is InChI=1S/C39H47ClN6O4S/c1-2-3-4-5-6-7-8-9-16-23-31(49-36(48)28-35(47)41-29-19-12-10-13-20-29)26-27-32(40)37(38-42-33-24-17-18-25-34(33)50-38)51-39-43-44-45-46(39)30-21-14-11-15-22-30/h10-15,17-22,24-25,31-32,37H,2-9,16,23,26-28H2,1H3,(H,41,47). The lowest BCUT2D eigenvalue weighted by Crippen LogP contribution is -2.24. The van der Waals surface area contributed by atoms with Gasteiger partial charge in [-0.05, 0) is 72.5 Å². The number of fused-ring (bicyclic) bond motifs is 1. The SMILES string of the molecule is CCCCCCCCCCCC(CCC(Cl)C(Sc1nnnn1-c1ccccc1)c1nc2ccccc2o1)OC(=O)CC(=O)Nc1ccccc1. The summed E-state index contributed by atoms with van der Waals surface area (Å²) in [5, 5.41) is 14.8. The highest BCUT2D eigenvalue weighted by atomic mass is 35.5. The number of amides is 1. The molecule has 0 bridgehead atoms. The Kier molecular flexibility index (Phi) is 15.3. The highest BCUT2D eigenvalue weighted by Crippen LogP contribution is 2.42. The van der Waals surface area contributed by atoms with Gasteiger partial charge in [0.2, 0.25) is 17.0 Å². The van der Waals surface area contributed by atoms with Crippen LogP contribution in [0.15, 0.2) is 94.5 Å². The smallest absolute Gasteiger partial charge is 0.315 e. The molecule has 12 heteroatoms. The molecule has 270 valence electrons. The molecule has 1 N–H and O–H groups in total. The normalized spacial score (nSPS) is 13.1. The average Bonchev–Trinajstić information content (AvgIpc) is 3.80. The van der Waals surface area contributed by atoms with Crippen LogP contribution < -0.4 is 5.32 Å². The maximum Gasteiger partial charge on any atom is 0.315 e. The lowest BCUT2D eigenvalue weighted by atomic mass is 10.0. The van der Waals surface area contributed by atoms with Crippen molar-refractivity contribution in [3.8, 4) is 5.69 Å². The van der Waals surface area contributed by atoms with Gasteiger partial charge < -0.3 is 14.5 Å². The van der Waals surface area contributed by atoms with Crippen LogP contribution in [0.3, 0.4) is 0 Å². The molecule has 2 heterocycles. The van der Waals surface area contributed by atoms with Crippen molar-refractivity contribution in [2.45, 2.75) is 112 Å². The Morgan fingerprint density at radius 1 is 0.843 bits per heavy atom. The van der Waals surface area contributed by atoms with E-state index >= 15 is 0 Å². The monoisotopic (exact) mass is 730 g/mol. The Morgan fingerprint density at radius 2 is 1.51 bits per heavy atom. The van der Waals surface area contributed by atoms with Crippen LogP contribution in [0.2, 0.25) is 0 Å². The molecule has 5 rings (SSSR count). The van der Waals surface area contributed by atoms with Crippen LogP contribution in [0.25, 0.3) is 16.8 Å². The molecule has 1 amide bonds. The minimum absolute atomic E-state index is 0.364. The van der Waals surface area contributed by atoms with Crippen LogP contribution >= 0.6 is 23.4 Å². The summed E-state index contributed by atoms with van der Waals surface area (Å²) in [5.41, 5.74) is 2.84. The summed E-state index contributed by atoms with van der Waals surface area (Å²) in [5.74, 6) is -0.497. The zero-order valence-corrected chi connectivity index (χ0v) is 30.7. The fourth-order valence-corrected chi connectivity index (χ4v) is 7.34. The van der Waals surface area contributed by atoms with E-state index in [9.17, 15) is 9.59 Å². The van der Waals surface area contributed by atoms with E-state index in [1.165, 1.54) is 50.3 Å². The Bertz CT molecular complexity index is 1740. The first-order chi connectivity index (χ1) is 25.0. The van der Waals surface area contributed by atoms with Crippen molar-refractivity contribution >= 4 is 52.0 Å². The van der Waals surface area contributed by atoms with Crippen LogP contribution in [-0.2, 0) is 14.3 Å². The quantitative estimate of drug-likeness (QED) is 0.0243. The number of nitrogens with one attached hydrogen (secondary N) is 1. The molecule has 3 aromatic carbocycles. The van der Waals surface area contributed by atoms with Crippen molar-refractivity contribution in [2.75, 3.05) is 5.32 Å². The Balaban J connectivity index is 1.25. The van der Waals surface area contributed by atoms with Crippen molar-refractivity contribution in [3.63, 3.8) is 0 Å². The second-order valence-electron chi connectivity index (χ2n) is 12.7. The maximum absolute atomic E-state index is 13.0. The van der Waals surface area contributed by atoms with Crippen molar-refractivity contribution in [2.24, 2.45) is 0 Å². The molecule has 0 fully saturated rings. The predicted octanol–water partition coefficient (Wildman–Crippen LogP) is 9.89. The van der Waals surface area contributed by atoms with Crippen molar-refractivity contribution in [1.82, 2.24) is 25.2 Å². The van der Waals surface area contributed by atoms with E-state index in [1.807, 2.05) is 72.8 Å². The second-order valence-corrected chi connectivity index (χ2v) is 14.3. The Morgan fingerprint density at radius 3 is 2.24 bits per heavy atom. The molecule has 0 saturated carbocycles. The molecule has 3 unspecified atom stereocenters. The number of unbranched alkanes of at least 4 members (excludes halogenated alkanes) is 8. The molecule has 0 aliphatic heterocycles. The van der Waals surface area contributed by atoms with Gasteiger partial charge in [-0.1, -0.05) is 119 Å². The summed E-state index contributed by atoms with van der Waals surface area (Å²) in [7, 11) is 0. The number of anilines is 1. The van der Waals surface area contributed by atoms with E-state index in [0.29, 0.717) is 41.6 Å². The van der Waals surface area contributed by atoms with Gasteiger partial charge >= 0.3 is 5.97 Å². The third-order valence-electron chi connectivity index (χ3n) is 8.61. The first kappa shape index (κ1) is 38.0. The molecule has 3 atom stereocenters. The second kappa shape index (κ2) is 20.6. The summed E-state index contributed by atoms with van der Waals surface area (Å²) >= 11 is 8.61. The van der Waals surface area contributed by atoms with Gasteiger partial charge in [-0.25, -0.2) is 4.98 Å². The van der Waals surface area contributed by atoms with E-state index in [-0.39, 0.29) is 6.42 Å². The number of carbonyl (C=O) groups excluding carboxylic acids is 2. The molecule has 5 aromatic rings.